The van der Waals surface area contributed by atoms with Crippen LogP contribution in [0.1, 0.15) is 33.1 Å². The Hall–Kier alpha value is -0.410. The van der Waals surface area contributed by atoms with Gasteiger partial charge in [0.25, 0.3) is 0 Å². The molecule has 17 heavy (non-hydrogen) atoms. The van der Waals surface area contributed by atoms with Crippen molar-refractivity contribution >= 4 is 5.78 Å². The van der Waals surface area contributed by atoms with Gasteiger partial charge in [0, 0.05) is 32.0 Å². The van der Waals surface area contributed by atoms with Crippen molar-refractivity contribution in [3.63, 3.8) is 0 Å². The van der Waals surface area contributed by atoms with E-state index in [1.165, 1.54) is 0 Å². The van der Waals surface area contributed by atoms with Gasteiger partial charge in [-0.25, -0.2) is 0 Å². The third kappa shape index (κ3) is 5.17. The van der Waals surface area contributed by atoms with Crippen LogP contribution in [0.2, 0.25) is 0 Å². The Labute approximate surface area is 106 Å². The van der Waals surface area contributed by atoms with Crippen molar-refractivity contribution in [1.29, 1.82) is 0 Å². The second-order valence-corrected chi connectivity index (χ2v) is 6.60. The van der Waals surface area contributed by atoms with Gasteiger partial charge in [-0.3, -0.25) is 4.79 Å². The fourth-order valence-corrected chi connectivity index (χ4v) is 2.55. The van der Waals surface area contributed by atoms with Gasteiger partial charge < -0.3 is 9.80 Å². The number of ketones is 1. The number of carbonyl (C=O) groups excluding carboxylic acids is 1. The number of likely N-dealkylation sites (N-methyl/N-ethyl adjacent to an activating group) is 2. The van der Waals surface area contributed by atoms with E-state index in [1.54, 1.807) is 0 Å². The van der Waals surface area contributed by atoms with Gasteiger partial charge in [-0.1, -0.05) is 13.8 Å². The van der Waals surface area contributed by atoms with Crippen LogP contribution >= 0.6 is 0 Å². The van der Waals surface area contributed by atoms with Crippen molar-refractivity contribution in [2.24, 2.45) is 11.3 Å². The molecule has 1 saturated carbocycles. The molecule has 1 unspecified atom stereocenters. The van der Waals surface area contributed by atoms with Crippen molar-refractivity contribution in [2.45, 2.75) is 33.1 Å². The van der Waals surface area contributed by atoms with E-state index in [9.17, 15) is 4.79 Å². The molecule has 0 spiro atoms. The highest BCUT2D eigenvalue weighted by Gasteiger charge is 2.33. The van der Waals surface area contributed by atoms with E-state index in [2.05, 4.69) is 44.8 Å². The zero-order chi connectivity index (χ0) is 13.1. The van der Waals surface area contributed by atoms with Gasteiger partial charge in [-0.05, 0) is 39.4 Å². The maximum atomic E-state index is 11.9. The van der Waals surface area contributed by atoms with E-state index >= 15 is 0 Å². The van der Waals surface area contributed by atoms with Crippen LogP contribution in [0.5, 0.6) is 0 Å². The molecule has 0 N–H and O–H groups in total. The van der Waals surface area contributed by atoms with Crippen LogP contribution in [-0.2, 0) is 4.79 Å². The molecule has 0 saturated heterocycles. The van der Waals surface area contributed by atoms with Crippen LogP contribution in [0.25, 0.3) is 0 Å². The number of nitrogens with zero attached hydrogens (tertiary/aromatic N) is 2. The summed E-state index contributed by atoms with van der Waals surface area (Å²) in [7, 11) is 6.30. The molecule has 1 fully saturated rings. The smallest absolute Gasteiger partial charge is 0.137 e. The van der Waals surface area contributed by atoms with E-state index in [0.717, 1.165) is 38.9 Å². The van der Waals surface area contributed by atoms with Crippen molar-refractivity contribution in [2.75, 3.05) is 40.8 Å². The lowest BCUT2D eigenvalue weighted by molar-refractivity contribution is -0.127. The van der Waals surface area contributed by atoms with Crippen molar-refractivity contribution < 1.29 is 4.79 Å². The van der Waals surface area contributed by atoms with Crippen LogP contribution in [-0.4, -0.2) is 56.4 Å². The molecule has 1 aliphatic carbocycles. The number of hydrogen-bond acceptors (Lipinski definition) is 3. The molecule has 0 heterocycles. The second kappa shape index (κ2) is 5.96. The van der Waals surface area contributed by atoms with Gasteiger partial charge in [0.05, 0.1) is 0 Å². The van der Waals surface area contributed by atoms with Crippen LogP contribution in [0.15, 0.2) is 0 Å². The van der Waals surface area contributed by atoms with E-state index in [1.807, 2.05) is 0 Å². The Bertz CT molecular complexity index is 261. The Kier molecular flexibility index (Phi) is 5.14. The Morgan fingerprint density at radius 1 is 1.24 bits per heavy atom. The molecule has 0 aromatic carbocycles. The predicted octanol–water partition coefficient (Wildman–Crippen LogP) is 1.88. The van der Waals surface area contributed by atoms with Crippen molar-refractivity contribution in [1.82, 2.24) is 9.80 Å². The molecule has 0 bridgehead atoms. The molecule has 0 aromatic rings. The first-order valence-corrected chi connectivity index (χ1v) is 6.66. The minimum Gasteiger partial charge on any atom is -0.308 e. The minimum atomic E-state index is 0.255. The Morgan fingerprint density at radius 3 is 2.47 bits per heavy atom. The summed E-state index contributed by atoms with van der Waals surface area (Å²) in [5.74, 6) is 0.729. The summed E-state index contributed by atoms with van der Waals surface area (Å²) >= 11 is 0. The van der Waals surface area contributed by atoms with Crippen LogP contribution < -0.4 is 0 Å². The molecule has 0 aromatic heterocycles. The number of rotatable bonds is 5. The van der Waals surface area contributed by atoms with Gasteiger partial charge in [0.2, 0.25) is 0 Å². The summed E-state index contributed by atoms with van der Waals surface area (Å²) in [5, 5.41) is 0. The average molecular weight is 240 g/mol. The predicted molar refractivity (Wildman–Crippen MR) is 72.2 cm³/mol. The molecule has 100 valence electrons. The molecule has 1 rings (SSSR count). The van der Waals surface area contributed by atoms with E-state index in [0.29, 0.717) is 11.2 Å². The molecule has 0 amide bonds. The fraction of sp³-hybridized carbons (Fsp3) is 0.929. The zero-order valence-electron chi connectivity index (χ0n) is 12.1. The summed E-state index contributed by atoms with van der Waals surface area (Å²) in [5.41, 5.74) is 0.348. The third-order valence-electron chi connectivity index (χ3n) is 3.76. The average Bonchev–Trinajstić information content (AvgIpc) is 2.20. The van der Waals surface area contributed by atoms with Crippen LogP contribution in [0, 0.1) is 11.3 Å². The molecular formula is C14H28N2O. The SMILES string of the molecule is CN(C)CCN(C)CC1CC(C)(C)CCC1=O. The first kappa shape index (κ1) is 14.7. The summed E-state index contributed by atoms with van der Waals surface area (Å²) in [4.78, 5) is 16.4. The summed E-state index contributed by atoms with van der Waals surface area (Å²) < 4.78 is 0. The quantitative estimate of drug-likeness (QED) is 0.733. The molecule has 0 radical (unpaired) electrons. The molecule has 3 heteroatoms. The lowest BCUT2D eigenvalue weighted by atomic mass is 9.71. The van der Waals surface area contributed by atoms with E-state index in [-0.39, 0.29) is 5.92 Å². The van der Waals surface area contributed by atoms with Gasteiger partial charge >= 0.3 is 0 Å². The molecule has 3 nitrogen and oxygen atoms in total. The maximum Gasteiger partial charge on any atom is 0.137 e. The Morgan fingerprint density at radius 2 is 1.88 bits per heavy atom. The maximum absolute atomic E-state index is 11.9. The monoisotopic (exact) mass is 240 g/mol. The third-order valence-corrected chi connectivity index (χ3v) is 3.76. The van der Waals surface area contributed by atoms with Gasteiger partial charge in [-0.15, -0.1) is 0 Å². The molecule has 1 aliphatic rings. The normalized spacial score (nSPS) is 24.6. The highest BCUT2D eigenvalue weighted by atomic mass is 16.1. The lowest BCUT2D eigenvalue weighted by Gasteiger charge is -2.36. The van der Waals surface area contributed by atoms with E-state index < -0.39 is 0 Å². The first-order chi connectivity index (χ1) is 7.80. The number of carbonyl (C=O) groups is 1. The van der Waals surface area contributed by atoms with Crippen LogP contribution in [0.4, 0.5) is 0 Å². The number of hydrogen-bond donors (Lipinski definition) is 0. The largest absolute Gasteiger partial charge is 0.308 e. The lowest BCUT2D eigenvalue weighted by Crippen LogP contribution is -2.39. The van der Waals surface area contributed by atoms with Gasteiger partial charge in [-0.2, -0.15) is 0 Å². The summed E-state index contributed by atoms with van der Waals surface area (Å²) in [6.07, 6.45) is 2.89. The summed E-state index contributed by atoms with van der Waals surface area (Å²) in [6.45, 7) is 7.59. The topological polar surface area (TPSA) is 23.6 Å². The van der Waals surface area contributed by atoms with E-state index in [4.69, 9.17) is 0 Å². The molecule has 0 aliphatic heterocycles. The molecular weight excluding hydrogens is 212 g/mol. The standard InChI is InChI=1S/C14H28N2O/c1-14(2)7-6-13(17)12(10-14)11-16(5)9-8-15(3)4/h12H,6-11H2,1-5H3. The minimum absolute atomic E-state index is 0.255. The van der Waals surface area contributed by atoms with Crippen molar-refractivity contribution in [3.05, 3.63) is 0 Å². The van der Waals surface area contributed by atoms with Crippen molar-refractivity contribution in [3.8, 4) is 0 Å². The van der Waals surface area contributed by atoms with Crippen LogP contribution in [0.3, 0.4) is 0 Å². The first-order valence-electron chi connectivity index (χ1n) is 6.66. The van der Waals surface area contributed by atoms with Gasteiger partial charge in [0.15, 0.2) is 0 Å². The zero-order valence-corrected chi connectivity index (χ0v) is 12.1. The number of Topliss-reactive ketones (excluding diaryl/α,β-unsaturated/α-hetero) is 1. The highest BCUT2D eigenvalue weighted by molar-refractivity contribution is 5.82. The fourth-order valence-electron chi connectivity index (χ4n) is 2.55. The van der Waals surface area contributed by atoms with Gasteiger partial charge in [0.1, 0.15) is 5.78 Å². The second-order valence-electron chi connectivity index (χ2n) is 6.60. The molecule has 1 atom stereocenters. The Balaban J connectivity index is 2.40. The summed E-state index contributed by atoms with van der Waals surface area (Å²) in [6, 6.07) is 0. The highest BCUT2D eigenvalue weighted by Crippen LogP contribution is 2.36.